The van der Waals surface area contributed by atoms with Crippen LogP contribution in [-0.2, 0) is 14.6 Å². The molecule has 0 aliphatic carbocycles. The van der Waals surface area contributed by atoms with E-state index in [4.69, 9.17) is 4.74 Å². The first-order valence-corrected chi connectivity index (χ1v) is 9.12. The van der Waals surface area contributed by atoms with Crippen molar-refractivity contribution in [3.63, 3.8) is 0 Å². The summed E-state index contributed by atoms with van der Waals surface area (Å²) in [5, 5.41) is -0.701. The first-order chi connectivity index (χ1) is 10.4. The monoisotopic (exact) mass is 344 g/mol. The third kappa shape index (κ3) is 3.74. The summed E-state index contributed by atoms with van der Waals surface area (Å²) in [7, 11) is -0.452. The molecule has 0 bridgehead atoms. The van der Waals surface area contributed by atoms with Crippen LogP contribution in [-0.4, -0.2) is 61.9 Å². The van der Waals surface area contributed by atoms with Crippen molar-refractivity contribution in [2.45, 2.75) is 39.0 Å². The molecule has 1 amide bonds. The largest absolute Gasteiger partial charge is 0.465 e. The van der Waals surface area contributed by atoms with Crippen LogP contribution in [0.5, 0.6) is 0 Å². The molecule has 0 radical (unpaired) electrons. The van der Waals surface area contributed by atoms with Crippen molar-refractivity contribution in [1.29, 1.82) is 0 Å². The Morgan fingerprint density at radius 1 is 1.22 bits per heavy atom. The lowest BCUT2D eigenvalue weighted by Crippen LogP contribution is -2.44. The fourth-order valence-electron chi connectivity index (χ4n) is 2.41. The van der Waals surface area contributed by atoms with Crippen LogP contribution in [0.3, 0.4) is 0 Å². The Morgan fingerprint density at radius 3 is 2.17 bits per heavy atom. The summed E-state index contributed by atoms with van der Waals surface area (Å²) in [5.74, 6) is -0.890. The zero-order valence-corrected chi connectivity index (χ0v) is 15.4. The number of nitrogens with one attached hydrogen (secondary N) is 1. The van der Waals surface area contributed by atoms with Crippen molar-refractivity contribution >= 4 is 21.7 Å². The van der Waals surface area contributed by atoms with Gasteiger partial charge in [-0.15, -0.1) is 0 Å². The van der Waals surface area contributed by atoms with Crippen molar-refractivity contribution in [2.24, 2.45) is 0 Å². The molecular formula is C15H24N2O5S. The van der Waals surface area contributed by atoms with Crippen molar-refractivity contribution in [3.8, 4) is 0 Å². The van der Waals surface area contributed by atoms with E-state index in [-0.39, 0.29) is 11.6 Å². The summed E-state index contributed by atoms with van der Waals surface area (Å²) in [6.07, 6.45) is 1.14. The first-order valence-electron chi connectivity index (χ1n) is 7.16. The zero-order valence-electron chi connectivity index (χ0n) is 14.6. The number of methoxy groups -OCH3 is 1. The average Bonchev–Trinajstić information content (AvgIpc) is 2.77. The molecule has 130 valence electrons. The number of aryl methyl sites for hydroxylation is 1. The smallest absolute Gasteiger partial charge is 0.339 e. The van der Waals surface area contributed by atoms with Crippen LogP contribution in [0.1, 0.15) is 46.0 Å². The van der Waals surface area contributed by atoms with Crippen molar-refractivity contribution in [2.75, 3.05) is 20.4 Å². The van der Waals surface area contributed by atoms with Crippen molar-refractivity contribution < 1.29 is 22.7 Å². The minimum atomic E-state index is -3.27. The summed E-state index contributed by atoms with van der Waals surface area (Å²) >= 11 is 0. The lowest BCUT2D eigenvalue weighted by molar-refractivity contribution is 0.0599. The number of esters is 1. The number of ether oxygens (including phenoxy) is 1. The second-order valence-corrected chi connectivity index (χ2v) is 8.21. The molecule has 0 saturated heterocycles. The van der Waals surface area contributed by atoms with Gasteiger partial charge in [-0.1, -0.05) is 0 Å². The summed E-state index contributed by atoms with van der Waals surface area (Å²) in [4.78, 5) is 28.7. The van der Waals surface area contributed by atoms with E-state index in [1.54, 1.807) is 34.7 Å². The Morgan fingerprint density at radius 2 is 1.74 bits per heavy atom. The molecule has 7 nitrogen and oxygen atoms in total. The molecule has 1 rings (SSSR count). The Bertz CT molecular complexity index is 720. The number of amides is 1. The third-order valence-corrected chi connectivity index (χ3v) is 6.07. The van der Waals surface area contributed by atoms with Crippen LogP contribution >= 0.6 is 0 Å². The van der Waals surface area contributed by atoms with E-state index in [2.05, 4.69) is 4.98 Å². The van der Waals surface area contributed by atoms with Gasteiger partial charge in [0.05, 0.1) is 17.9 Å². The average molecular weight is 344 g/mol. The van der Waals surface area contributed by atoms with Crippen LogP contribution < -0.4 is 0 Å². The van der Waals surface area contributed by atoms with Crippen LogP contribution in [0.15, 0.2) is 0 Å². The van der Waals surface area contributed by atoms with Crippen molar-refractivity contribution in [1.82, 2.24) is 9.88 Å². The first kappa shape index (κ1) is 19.2. The lowest BCUT2D eigenvalue weighted by Gasteiger charge is -2.28. The topological polar surface area (TPSA) is 96.5 Å². The molecule has 2 atom stereocenters. The molecule has 0 fully saturated rings. The highest BCUT2D eigenvalue weighted by molar-refractivity contribution is 7.91. The molecule has 1 aromatic rings. The Kier molecular flexibility index (Phi) is 5.63. The Balaban J connectivity index is 3.18. The highest BCUT2D eigenvalue weighted by Crippen LogP contribution is 2.21. The number of aromatic nitrogens is 1. The number of hydrogen-bond donors (Lipinski definition) is 1. The minimum Gasteiger partial charge on any atom is -0.465 e. The van der Waals surface area contributed by atoms with Crippen LogP contribution in [0.4, 0.5) is 0 Å². The SMILES string of the molecule is COC(=O)c1c(C)[nH]c(C(=O)N(C)[C@H](C)[C@@H](C)S(C)(=O)=O)c1C. The Hall–Kier alpha value is -1.83. The molecule has 0 aromatic carbocycles. The van der Waals surface area contributed by atoms with Gasteiger partial charge in [-0.2, -0.15) is 0 Å². The second-order valence-electron chi connectivity index (χ2n) is 5.81. The number of hydrogen-bond acceptors (Lipinski definition) is 5. The number of H-pyrrole nitrogens is 1. The van der Waals surface area contributed by atoms with Gasteiger partial charge >= 0.3 is 5.97 Å². The van der Waals surface area contributed by atoms with Gasteiger partial charge in [-0.05, 0) is 33.3 Å². The number of carbonyl (C=O) groups excluding carboxylic acids is 2. The quantitative estimate of drug-likeness (QED) is 0.813. The van der Waals surface area contributed by atoms with Gasteiger partial charge in [0.25, 0.3) is 5.91 Å². The molecule has 0 unspecified atom stereocenters. The molecular weight excluding hydrogens is 320 g/mol. The van der Waals surface area contributed by atoms with Crippen LogP contribution in [0.2, 0.25) is 0 Å². The number of aromatic amines is 1. The van der Waals surface area contributed by atoms with E-state index in [0.717, 1.165) is 6.26 Å². The van der Waals surface area contributed by atoms with Gasteiger partial charge in [-0.25, -0.2) is 13.2 Å². The second kappa shape index (κ2) is 6.74. The molecule has 0 saturated carbocycles. The maximum Gasteiger partial charge on any atom is 0.339 e. The van der Waals surface area contributed by atoms with E-state index in [9.17, 15) is 18.0 Å². The van der Waals surface area contributed by atoms with E-state index in [1.807, 2.05) is 0 Å². The third-order valence-electron chi connectivity index (χ3n) is 4.33. The lowest BCUT2D eigenvalue weighted by atomic mass is 10.1. The fourth-order valence-corrected chi connectivity index (χ4v) is 3.30. The fraction of sp³-hybridized carbons (Fsp3) is 0.600. The van der Waals surface area contributed by atoms with Gasteiger partial charge in [0.15, 0.2) is 9.84 Å². The van der Waals surface area contributed by atoms with E-state index < -0.39 is 27.1 Å². The number of rotatable bonds is 5. The van der Waals surface area contributed by atoms with Gasteiger partial charge in [0.1, 0.15) is 5.69 Å². The molecule has 1 aromatic heterocycles. The van der Waals surface area contributed by atoms with Gasteiger partial charge in [-0.3, -0.25) is 4.79 Å². The van der Waals surface area contributed by atoms with E-state index in [1.165, 1.54) is 12.0 Å². The molecule has 8 heteroatoms. The van der Waals surface area contributed by atoms with Crippen LogP contribution in [0.25, 0.3) is 0 Å². The summed E-state index contributed by atoms with van der Waals surface area (Å²) in [6.45, 7) is 6.58. The maximum absolute atomic E-state index is 12.7. The predicted molar refractivity (Wildman–Crippen MR) is 87.5 cm³/mol. The Labute approximate surface area is 136 Å². The number of nitrogens with zero attached hydrogens (tertiary/aromatic N) is 1. The van der Waals surface area contributed by atoms with Crippen LogP contribution in [0, 0.1) is 13.8 Å². The number of carbonyl (C=O) groups is 2. The van der Waals surface area contributed by atoms with Gasteiger partial charge in [0.2, 0.25) is 0 Å². The van der Waals surface area contributed by atoms with Gasteiger partial charge in [0, 0.05) is 25.0 Å². The normalized spacial score (nSPS) is 14.2. The molecule has 1 N–H and O–H groups in total. The standard InChI is InChI=1S/C15H24N2O5S/c1-8-12(15(19)22-6)9(2)16-13(8)14(18)17(5)10(3)11(4)23(7,20)21/h10-11,16H,1-7H3/t10-,11-/m1/s1. The van der Waals surface area contributed by atoms with Crippen molar-refractivity contribution in [3.05, 3.63) is 22.5 Å². The molecule has 0 spiro atoms. The maximum atomic E-state index is 12.7. The predicted octanol–water partition coefficient (Wildman–Crippen LogP) is 1.31. The summed E-state index contributed by atoms with van der Waals surface area (Å²) in [6, 6.07) is -0.512. The highest BCUT2D eigenvalue weighted by atomic mass is 32.2. The van der Waals surface area contributed by atoms with E-state index in [0.29, 0.717) is 16.8 Å². The molecule has 1 heterocycles. The molecule has 23 heavy (non-hydrogen) atoms. The number of sulfone groups is 1. The summed E-state index contributed by atoms with van der Waals surface area (Å²) in [5.41, 5.74) is 1.62. The molecule has 0 aliphatic rings. The molecule has 0 aliphatic heterocycles. The minimum absolute atomic E-state index is 0.262. The zero-order chi connectivity index (χ0) is 18.1. The highest BCUT2D eigenvalue weighted by Gasteiger charge is 2.31. The summed E-state index contributed by atoms with van der Waals surface area (Å²) < 4.78 is 28.1. The van der Waals surface area contributed by atoms with E-state index >= 15 is 0 Å². The van der Waals surface area contributed by atoms with Gasteiger partial charge < -0.3 is 14.6 Å².